The molecule has 0 heterocycles. The van der Waals surface area contributed by atoms with Crippen LogP contribution >= 0.6 is 0 Å². The molecule has 3 saturated carbocycles. The summed E-state index contributed by atoms with van der Waals surface area (Å²) >= 11 is 0. The van der Waals surface area contributed by atoms with Crippen LogP contribution in [0.5, 0.6) is 0 Å². The molecule has 3 rings (SSSR count). The van der Waals surface area contributed by atoms with Crippen LogP contribution in [0.15, 0.2) is 0 Å². The zero-order chi connectivity index (χ0) is 9.69. The molecule has 3 atom stereocenters. The van der Waals surface area contributed by atoms with E-state index in [1.54, 1.807) is 0 Å². The lowest BCUT2D eigenvalue weighted by molar-refractivity contribution is -0.0198. The number of aliphatic hydroxyl groups excluding tert-OH is 1. The number of hydrogen-bond acceptors (Lipinski definition) is 1. The minimum Gasteiger partial charge on any atom is -0.393 e. The molecule has 3 aliphatic rings. The highest BCUT2D eigenvalue weighted by atomic mass is 16.3. The van der Waals surface area contributed by atoms with E-state index < -0.39 is 0 Å². The molecule has 0 aromatic rings. The van der Waals surface area contributed by atoms with E-state index in [9.17, 15) is 5.11 Å². The average molecular weight is 182 g/mol. The lowest BCUT2D eigenvalue weighted by atomic mass is 9.60. The monoisotopic (exact) mass is 182 g/mol. The van der Waals surface area contributed by atoms with E-state index in [4.69, 9.17) is 0 Å². The van der Waals surface area contributed by atoms with Gasteiger partial charge in [-0.3, -0.25) is 0 Å². The van der Waals surface area contributed by atoms with Gasteiger partial charge in [-0.1, -0.05) is 20.8 Å². The second-order valence-electron chi connectivity index (χ2n) is 6.15. The maximum absolute atomic E-state index is 10.1. The normalized spacial score (nSPS) is 48.9. The van der Waals surface area contributed by atoms with Crippen LogP contribution in [0.4, 0.5) is 0 Å². The van der Waals surface area contributed by atoms with Crippen molar-refractivity contribution in [2.24, 2.45) is 16.7 Å². The van der Waals surface area contributed by atoms with Crippen LogP contribution in [0.2, 0.25) is 0 Å². The fraction of sp³-hybridized carbons (Fsp3) is 1.00. The summed E-state index contributed by atoms with van der Waals surface area (Å²) in [7, 11) is 0. The summed E-state index contributed by atoms with van der Waals surface area (Å²) in [5.41, 5.74) is 0.682. The van der Waals surface area contributed by atoms with Gasteiger partial charge in [-0.05, 0) is 48.9 Å². The average Bonchev–Trinajstić information content (AvgIpc) is 2.16. The van der Waals surface area contributed by atoms with Gasteiger partial charge in [0.1, 0.15) is 0 Å². The first kappa shape index (κ1) is 9.51. The van der Waals surface area contributed by atoms with E-state index in [-0.39, 0.29) is 11.5 Å². The summed E-state index contributed by atoms with van der Waals surface area (Å²) in [6, 6.07) is 0. The Labute approximate surface area is 81.5 Å². The highest BCUT2D eigenvalue weighted by Crippen LogP contribution is 2.55. The first-order chi connectivity index (χ1) is 5.94. The molecule has 3 fully saturated rings. The highest BCUT2D eigenvalue weighted by molar-refractivity contribution is 4.99. The standard InChI is InChI=1S/C12H22O/c1-11(2)8-12(3)7-6-9(11)4-5-10(12)13/h9-10,13H,4-8H2,1-3H3/t9-,10+,12+/m0/s1. The van der Waals surface area contributed by atoms with Crippen LogP contribution in [-0.4, -0.2) is 11.2 Å². The van der Waals surface area contributed by atoms with E-state index in [0.29, 0.717) is 5.41 Å². The molecular weight excluding hydrogens is 160 g/mol. The minimum atomic E-state index is -0.0423. The molecule has 0 aromatic carbocycles. The molecule has 1 heteroatoms. The van der Waals surface area contributed by atoms with Gasteiger partial charge in [0.05, 0.1) is 6.10 Å². The minimum absolute atomic E-state index is 0.0423. The van der Waals surface area contributed by atoms with Gasteiger partial charge in [-0.25, -0.2) is 0 Å². The Balaban J connectivity index is 2.29. The van der Waals surface area contributed by atoms with Crippen LogP contribution < -0.4 is 0 Å². The lowest BCUT2D eigenvalue weighted by Gasteiger charge is -2.46. The molecule has 2 bridgehead atoms. The Bertz CT molecular complexity index is 207. The van der Waals surface area contributed by atoms with Crippen molar-refractivity contribution in [1.29, 1.82) is 0 Å². The fourth-order valence-electron chi connectivity index (χ4n) is 3.70. The zero-order valence-corrected chi connectivity index (χ0v) is 9.14. The second-order valence-corrected chi connectivity index (χ2v) is 6.15. The fourth-order valence-corrected chi connectivity index (χ4v) is 3.70. The van der Waals surface area contributed by atoms with Gasteiger partial charge in [0, 0.05) is 0 Å². The van der Waals surface area contributed by atoms with Gasteiger partial charge < -0.3 is 5.11 Å². The van der Waals surface area contributed by atoms with Crippen molar-refractivity contribution in [2.45, 2.75) is 59.0 Å². The molecule has 0 saturated heterocycles. The molecule has 76 valence electrons. The topological polar surface area (TPSA) is 20.2 Å². The summed E-state index contributed by atoms with van der Waals surface area (Å²) in [5.74, 6) is 0.859. The van der Waals surface area contributed by atoms with Gasteiger partial charge in [0.25, 0.3) is 0 Å². The molecule has 0 aromatic heterocycles. The SMILES string of the molecule is CC1(C)C[C@@]2(C)CC[C@@H]1CC[C@H]2O. The van der Waals surface area contributed by atoms with Crippen molar-refractivity contribution in [3.8, 4) is 0 Å². The summed E-state index contributed by atoms with van der Waals surface area (Å²) in [5, 5.41) is 10.1. The largest absolute Gasteiger partial charge is 0.393 e. The van der Waals surface area contributed by atoms with E-state index >= 15 is 0 Å². The highest BCUT2D eigenvalue weighted by Gasteiger charge is 2.48. The van der Waals surface area contributed by atoms with E-state index in [1.807, 2.05) is 0 Å². The molecular formula is C12H22O. The summed E-state index contributed by atoms with van der Waals surface area (Å²) in [6.45, 7) is 7.04. The molecule has 1 N–H and O–H groups in total. The van der Waals surface area contributed by atoms with Crippen LogP contribution in [0.1, 0.15) is 52.9 Å². The number of fused-ring (bicyclic) bond motifs is 4. The third kappa shape index (κ3) is 1.41. The maximum atomic E-state index is 10.1. The third-order valence-electron chi connectivity index (χ3n) is 4.62. The molecule has 3 aliphatic carbocycles. The molecule has 0 radical (unpaired) electrons. The smallest absolute Gasteiger partial charge is 0.0594 e. The van der Waals surface area contributed by atoms with Crippen LogP contribution in [0.25, 0.3) is 0 Å². The Morgan fingerprint density at radius 2 is 1.77 bits per heavy atom. The summed E-state index contributed by atoms with van der Waals surface area (Å²) in [4.78, 5) is 0. The zero-order valence-electron chi connectivity index (χ0n) is 9.14. The van der Waals surface area contributed by atoms with Crippen molar-refractivity contribution in [2.75, 3.05) is 0 Å². The Kier molecular flexibility index (Phi) is 1.99. The number of rotatable bonds is 0. The molecule has 0 unspecified atom stereocenters. The molecule has 0 spiro atoms. The van der Waals surface area contributed by atoms with Crippen LogP contribution in [0.3, 0.4) is 0 Å². The Morgan fingerprint density at radius 3 is 2.38 bits per heavy atom. The maximum Gasteiger partial charge on any atom is 0.0594 e. The number of hydrogen-bond donors (Lipinski definition) is 1. The van der Waals surface area contributed by atoms with E-state index in [1.165, 1.54) is 25.7 Å². The first-order valence-electron chi connectivity index (χ1n) is 5.62. The van der Waals surface area contributed by atoms with E-state index in [2.05, 4.69) is 20.8 Å². The van der Waals surface area contributed by atoms with E-state index in [0.717, 1.165) is 12.3 Å². The van der Waals surface area contributed by atoms with Crippen molar-refractivity contribution >= 4 is 0 Å². The van der Waals surface area contributed by atoms with Gasteiger partial charge in [-0.15, -0.1) is 0 Å². The predicted molar refractivity (Wildman–Crippen MR) is 54.5 cm³/mol. The first-order valence-corrected chi connectivity index (χ1v) is 5.62. The lowest BCUT2D eigenvalue weighted by Crippen LogP contribution is -2.39. The van der Waals surface area contributed by atoms with Gasteiger partial charge >= 0.3 is 0 Å². The third-order valence-corrected chi connectivity index (χ3v) is 4.62. The van der Waals surface area contributed by atoms with Crippen LogP contribution in [-0.2, 0) is 0 Å². The van der Waals surface area contributed by atoms with Crippen LogP contribution in [0, 0.1) is 16.7 Å². The molecule has 1 nitrogen and oxygen atoms in total. The number of aliphatic hydroxyl groups is 1. The summed E-state index contributed by atoms with van der Waals surface area (Å²) in [6.07, 6.45) is 6.02. The molecule has 0 aliphatic heterocycles. The quantitative estimate of drug-likeness (QED) is 0.610. The van der Waals surface area contributed by atoms with Gasteiger partial charge in [-0.2, -0.15) is 0 Å². The summed E-state index contributed by atoms with van der Waals surface area (Å²) < 4.78 is 0. The van der Waals surface area contributed by atoms with Gasteiger partial charge in [0.2, 0.25) is 0 Å². The van der Waals surface area contributed by atoms with Crippen molar-refractivity contribution in [3.05, 3.63) is 0 Å². The Morgan fingerprint density at radius 1 is 1.08 bits per heavy atom. The van der Waals surface area contributed by atoms with Gasteiger partial charge in [0.15, 0.2) is 0 Å². The molecule has 0 amide bonds. The van der Waals surface area contributed by atoms with Crippen molar-refractivity contribution in [3.63, 3.8) is 0 Å². The predicted octanol–water partition coefficient (Wildman–Crippen LogP) is 2.97. The second kappa shape index (κ2) is 2.73. The Hall–Kier alpha value is -0.0400. The van der Waals surface area contributed by atoms with Crippen molar-refractivity contribution < 1.29 is 5.11 Å². The molecule has 13 heavy (non-hydrogen) atoms. The van der Waals surface area contributed by atoms with Crippen molar-refractivity contribution in [1.82, 2.24) is 0 Å².